The van der Waals surface area contributed by atoms with Crippen LogP contribution in [0.15, 0.2) is 71.7 Å². The molecule has 9 heteroatoms. The van der Waals surface area contributed by atoms with Gasteiger partial charge in [-0.2, -0.15) is 0 Å². The van der Waals surface area contributed by atoms with Crippen LogP contribution in [0.3, 0.4) is 0 Å². The Morgan fingerprint density at radius 1 is 0.738 bits per heavy atom. The summed E-state index contributed by atoms with van der Waals surface area (Å²) in [5.41, 5.74) is 2.29. The van der Waals surface area contributed by atoms with Gasteiger partial charge in [0.15, 0.2) is 0 Å². The summed E-state index contributed by atoms with van der Waals surface area (Å²) in [4.78, 5) is 19.6. The summed E-state index contributed by atoms with van der Waals surface area (Å²) in [5, 5.41) is 12.4. The first-order chi connectivity index (χ1) is 18.7. The summed E-state index contributed by atoms with van der Waals surface area (Å²) in [6.07, 6.45) is 0. The number of fused-ring (bicyclic) bond motifs is 1. The van der Waals surface area contributed by atoms with Gasteiger partial charge in [0.2, 0.25) is 0 Å². The molecular formula is C33H54N5OSi2Y. The minimum Gasteiger partial charge on any atom is -0.850 e. The standard InChI is InChI=1S/C23H29N3Si2.C6H16N2.C4H9O.Y/c1-27(2,3)25-21-17-11-15-18-14-10-16-20(22(18)21)24-23(26-28(4,5)6)19-12-8-7-9-13-19;1-7(2)5-6-8(3)4;1-4(2,3)5;/h7-17H,1-6H3;5-6H2,1-4H3;1-3H3;/q-2;;-1;+3. The molecule has 0 fully saturated rings. The van der Waals surface area contributed by atoms with Gasteiger partial charge in [0, 0.05) is 21.3 Å². The Morgan fingerprint density at radius 2 is 1.21 bits per heavy atom. The number of nitrogens with zero attached hydrogens (tertiary/aromatic N) is 5. The van der Waals surface area contributed by atoms with Gasteiger partial charge in [-0.1, -0.05) is 133 Å². The van der Waals surface area contributed by atoms with Crippen molar-refractivity contribution in [3.63, 3.8) is 0 Å². The van der Waals surface area contributed by atoms with Crippen molar-refractivity contribution in [3.8, 4) is 0 Å². The van der Waals surface area contributed by atoms with Gasteiger partial charge in [-0.05, 0) is 58.4 Å². The average Bonchev–Trinajstić information content (AvgIpc) is 2.81. The molecule has 0 radical (unpaired) electrons. The quantitative estimate of drug-likeness (QED) is 0.137. The summed E-state index contributed by atoms with van der Waals surface area (Å²) in [5.74, 6) is 0.815. The molecule has 0 unspecified atom stereocenters. The molecule has 3 aromatic carbocycles. The molecule has 0 aliphatic rings. The molecule has 0 amide bonds. The van der Waals surface area contributed by atoms with E-state index >= 15 is 0 Å². The van der Waals surface area contributed by atoms with Gasteiger partial charge in [-0.3, -0.25) is 0 Å². The molecule has 3 aromatic rings. The Morgan fingerprint density at radius 3 is 1.64 bits per heavy atom. The van der Waals surface area contributed by atoms with Crippen molar-refractivity contribution in [3.05, 3.63) is 82.3 Å². The van der Waals surface area contributed by atoms with E-state index in [9.17, 15) is 5.11 Å². The summed E-state index contributed by atoms with van der Waals surface area (Å²) in [6.45, 7) is 20.7. The normalized spacial score (nSPS) is 12.1. The third kappa shape index (κ3) is 19.0. The molecule has 3 rings (SSSR count). The molecule has 0 N–H and O–H groups in total. The number of hydrogen-bond acceptors (Lipinski definition) is 4. The van der Waals surface area contributed by atoms with Crippen molar-refractivity contribution in [2.45, 2.75) is 65.7 Å². The van der Waals surface area contributed by atoms with Gasteiger partial charge in [0.1, 0.15) is 0 Å². The average molecular weight is 682 g/mol. The number of likely N-dealkylation sites (N-methyl/N-ethyl adjacent to an activating group) is 2. The maximum atomic E-state index is 10.1. The monoisotopic (exact) mass is 681 g/mol. The van der Waals surface area contributed by atoms with E-state index in [0.717, 1.165) is 41.2 Å². The second-order valence-corrected chi connectivity index (χ2v) is 22.9. The number of benzene rings is 3. The van der Waals surface area contributed by atoms with Crippen LogP contribution < -0.4 is 5.11 Å². The smallest absolute Gasteiger partial charge is 0.850 e. The summed E-state index contributed by atoms with van der Waals surface area (Å²) < 4.78 is 0. The molecule has 0 aliphatic heterocycles. The third-order valence-electron chi connectivity index (χ3n) is 5.01. The molecule has 42 heavy (non-hydrogen) atoms. The Balaban J connectivity index is 0.00000101. The molecule has 0 aromatic heterocycles. The second-order valence-electron chi connectivity index (χ2n) is 13.7. The molecule has 0 bridgehead atoms. The van der Waals surface area contributed by atoms with Crippen LogP contribution in [0.5, 0.6) is 0 Å². The van der Waals surface area contributed by atoms with Crippen LogP contribution in [-0.2, 0) is 32.7 Å². The van der Waals surface area contributed by atoms with Crippen LogP contribution >= 0.6 is 0 Å². The Bertz CT molecular complexity index is 1200. The van der Waals surface area contributed by atoms with E-state index in [1.54, 1.807) is 20.8 Å². The van der Waals surface area contributed by atoms with E-state index in [4.69, 9.17) is 15.0 Å². The summed E-state index contributed by atoms with van der Waals surface area (Å²) in [7, 11) is 5.03. The summed E-state index contributed by atoms with van der Waals surface area (Å²) >= 11 is 0. The van der Waals surface area contributed by atoms with Crippen LogP contribution in [0.1, 0.15) is 26.3 Å². The zero-order valence-corrected chi connectivity index (χ0v) is 33.3. The SMILES string of the molecule is CC(C)(C)[O-].CN(C)CCN(C)C.C[Si](C)(C)[N-]C(=Nc1cccc2cccc([N-][Si](C)(C)C)c12)c1ccccc1.[Y+3]. The first-order valence-electron chi connectivity index (χ1n) is 14.4. The predicted molar refractivity (Wildman–Crippen MR) is 187 cm³/mol. The van der Waals surface area contributed by atoms with Crippen LogP contribution in [0.4, 0.5) is 11.4 Å². The van der Waals surface area contributed by atoms with Gasteiger partial charge in [-0.25, -0.2) is 0 Å². The zero-order valence-electron chi connectivity index (χ0n) is 28.5. The summed E-state index contributed by atoms with van der Waals surface area (Å²) in [6, 6.07) is 22.9. The molecule has 0 saturated heterocycles. The molecule has 0 saturated carbocycles. The van der Waals surface area contributed by atoms with Crippen molar-refractivity contribution in [1.82, 2.24) is 9.80 Å². The molecule has 0 spiro atoms. The van der Waals surface area contributed by atoms with E-state index in [-0.39, 0.29) is 32.7 Å². The molecular weight excluding hydrogens is 627 g/mol. The molecule has 0 heterocycles. The van der Waals surface area contributed by atoms with Gasteiger partial charge < -0.3 is 29.9 Å². The molecule has 0 aliphatic carbocycles. The minimum absolute atomic E-state index is 0. The fourth-order valence-corrected chi connectivity index (χ4v) is 5.15. The molecule has 0 atom stereocenters. The Hall–Kier alpha value is -1.39. The van der Waals surface area contributed by atoms with E-state index < -0.39 is 22.1 Å². The van der Waals surface area contributed by atoms with Crippen LogP contribution in [0, 0.1) is 0 Å². The van der Waals surface area contributed by atoms with E-state index in [1.165, 1.54) is 5.39 Å². The van der Waals surface area contributed by atoms with Crippen LogP contribution in [-0.4, -0.2) is 79.0 Å². The van der Waals surface area contributed by atoms with Crippen molar-refractivity contribution < 1.29 is 37.8 Å². The molecule has 228 valence electrons. The second kappa shape index (κ2) is 18.4. The van der Waals surface area contributed by atoms with Gasteiger partial charge in [0.25, 0.3) is 0 Å². The maximum Gasteiger partial charge on any atom is 3.00 e. The Labute approximate surface area is 284 Å². The number of rotatable bonds is 8. The van der Waals surface area contributed by atoms with E-state index in [2.05, 4.69) is 126 Å². The predicted octanol–water partition coefficient (Wildman–Crippen LogP) is 8.22. The minimum atomic E-state index is -1.70. The van der Waals surface area contributed by atoms with Gasteiger partial charge >= 0.3 is 32.7 Å². The van der Waals surface area contributed by atoms with Crippen molar-refractivity contribution >= 4 is 44.5 Å². The number of hydrogen-bond donors (Lipinski definition) is 0. The van der Waals surface area contributed by atoms with Crippen molar-refractivity contribution in [1.29, 1.82) is 0 Å². The fraction of sp³-hybridized carbons (Fsp3) is 0.485. The van der Waals surface area contributed by atoms with Gasteiger partial charge in [0.05, 0.1) is 0 Å². The van der Waals surface area contributed by atoms with E-state index in [0.29, 0.717) is 0 Å². The third-order valence-corrected chi connectivity index (χ3v) is 6.81. The maximum absolute atomic E-state index is 10.1. The van der Waals surface area contributed by atoms with Crippen LogP contribution in [0.2, 0.25) is 39.3 Å². The number of aliphatic imine (C=N–C) groups is 1. The van der Waals surface area contributed by atoms with Crippen molar-refractivity contribution in [2.24, 2.45) is 4.99 Å². The first kappa shape index (κ1) is 40.6. The van der Waals surface area contributed by atoms with Crippen LogP contribution in [0.25, 0.3) is 20.7 Å². The van der Waals surface area contributed by atoms with Crippen molar-refractivity contribution in [2.75, 3.05) is 41.3 Å². The van der Waals surface area contributed by atoms with E-state index in [1.807, 2.05) is 18.2 Å². The Kier molecular flexibility index (Phi) is 17.8. The van der Waals surface area contributed by atoms with Gasteiger partial charge in [-0.15, -0.1) is 11.3 Å². The largest absolute Gasteiger partial charge is 3.00 e. The zero-order chi connectivity index (χ0) is 31.4. The number of amidine groups is 1. The molecule has 6 nitrogen and oxygen atoms in total. The fourth-order valence-electron chi connectivity index (χ4n) is 3.42. The first-order valence-corrected chi connectivity index (χ1v) is 21.3. The topological polar surface area (TPSA) is 70.1 Å².